The predicted octanol–water partition coefficient (Wildman–Crippen LogP) is 2.65. The third kappa shape index (κ3) is 1.99. The third-order valence-electron chi connectivity index (χ3n) is 3.27. The molecule has 2 aromatic heterocycles. The zero-order valence-electron chi connectivity index (χ0n) is 10.8. The molecule has 0 saturated carbocycles. The molecule has 0 atom stereocenters. The Hall–Kier alpha value is -2.50. The quantitative estimate of drug-likeness (QED) is 0.781. The van der Waals surface area contributed by atoms with Crippen molar-refractivity contribution in [3.05, 3.63) is 53.4 Å². The smallest absolute Gasteiger partial charge is 0.201 e. The number of aromatic nitrogens is 3. The number of aryl methyl sites for hydroxylation is 1. The lowest BCUT2D eigenvalue weighted by Gasteiger charge is -2.09. The van der Waals surface area contributed by atoms with E-state index in [0.29, 0.717) is 12.1 Å². The summed E-state index contributed by atoms with van der Waals surface area (Å²) in [5.41, 5.74) is 8.19. The first-order valence-electron chi connectivity index (χ1n) is 6.06. The van der Waals surface area contributed by atoms with Gasteiger partial charge in [0.1, 0.15) is 11.3 Å². The van der Waals surface area contributed by atoms with Crippen LogP contribution in [0.2, 0.25) is 0 Å². The van der Waals surface area contributed by atoms with E-state index in [2.05, 4.69) is 9.97 Å². The topological polar surface area (TPSA) is 56.7 Å². The van der Waals surface area contributed by atoms with Crippen molar-refractivity contribution >= 4 is 17.0 Å². The maximum atomic E-state index is 13.7. The molecule has 0 aliphatic heterocycles. The summed E-state index contributed by atoms with van der Waals surface area (Å²) in [6.07, 6.45) is 3.39. The molecule has 0 aliphatic rings. The molecule has 0 bridgehead atoms. The molecule has 20 heavy (non-hydrogen) atoms. The van der Waals surface area contributed by atoms with Crippen LogP contribution in [0, 0.1) is 18.6 Å². The van der Waals surface area contributed by atoms with E-state index in [1.807, 2.05) is 13.0 Å². The number of fused-ring (bicyclic) bond motifs is 1. The second kappa shape index (κ2) is 4.56. The Morgan fingerprint density at radius 3 is 2.85 bits per heavy atom. The highest BCUT2D eigenvalue weighted by atomic mass is 19.1. The third-order valence-corrected chi connectivity index (χ3v) is 3.27. The van der Waals surface area contributed by atoms with Gasteiger partial charge in [0.2, 0.25) is 5.95 Å². The van der Waals surface area contributed by atoms with Crippen LogP contribution in [0.3, 0.4) is 0 Å². The average Bonchev–Trinajstić information content (AvgIpc) is 2.70. The van der Waals surface area contributed by atoms with E-state index in [4.69, 9.17) is 5.73 Å². The van der Waals surface area contributed by atoms with Crippen LogP contribution in [0.4, 0.5) is 14.7 Å². The minimum absolute atomic E-state index is 0.0793. The summed E-state index contributed by atoms with van der Waals surface area (Å²) in [6, 6.07) is 3.88. The molecule has 102 valence electrons. The highest BCUT2D eigenvalue weighted by molar-refractivity contribution is 5.79. The number of imidazole rings is 1. The summed E-state index contributed by atoms with van der Waals surface area (Å²) in [4.78, 5) is 7.97. The molecular weight excluding hydrogens is 262 g/mol. The number of nitrogens with zero attached hydrogens (tertiary/aromatic N) is 3. The molecular formula is C14H12F2N4. The van der Waals surface area contributed by atoms with Crippen molar-refractivity contribution in [1.29, 1.82) is 0 Å². The number of halogens is 2. The number of benzene rings is 1. The molecule has 2 heterocycles. The Kier molecular flexibility index (Phi) is 2.85. The number of nitrogens with two attached hydrogens (primary N) is 1. The van der Waals surface area contributed by atoms with Gasteiger partial charge in [-0.15, -0.1) is 0 Å². The summed E-state index contributed by atoms with van der Waals surface area (Å²) in [5, 5.41) is 0. The van der Waals surface area contributed by atoms with Crippen LogP contribution in [-0.2, 0) is 6.54 Å². The summed E-state index contributed by atoms with van der Waals surface area (Å²) in [6.45, 7) is 2.30. The zero-order chi connectivity index (χ0) is 14.3. The normalized spacial score (nSPS) is 11.2. The molecule has 0 spiro atoms. The Morgan fingerprint density at radius 1 is 1.30 bits per heavy atom. The molecule has 6 heteroatoms. The first kappa shape index (κ1) is 12.5. The largest absolute Gasteiger partial charge is 0.369 e. The summed E-state index contributed by atoms with van der Waals surface area (Å²) in [5.74, 6) is -1.21. The molecule has 3 rings (SSSR count). The highest BCUT2D eigenvalue weighted by Crippen LogP contribution is 2.23. The van der Waals surface area contributed by atoms with Crippen LogP contribution in [0.15, 0.2) is 30.6 Å². The van der Waals surface area contributed by atoms with Crippen molar-refractivity contribution in [2.45, 2.75) is 13.5 Å². The maximum absolute atomic E-state index is 13.7. The van der Waals surface area contributed by atoms with Gasteiger partial charge in [-0.2, -0.15) is 0 Å². The second-order valence-electron chi connectivity index (χ2n) is 4.61. The fourth-order valence-corrected chi connectivity index (χ4v) is 2.18. The summed E-state index contributed by atoms with van der Waals surface area (Å²) >= 11 is 0. The van der Waals surface area contributed by atoms with Gasteiger partial charge in [0, 0.05) is 24.5 Å². The van der Waals surface area contributed by atoms with Gasteiger partial charge in [0.05, 0.1) is 12.1 Å². The summed E-state index contributed by atoms with van der Waals surface area (Å²) < 4.78 is 28.6. The molecule has 3 aromatic rings. The van der Waals surface area contributed by atoms with E-state index >= 15 is 0 Å². The van der Waals surface area contributed by atoms with E-state index in [0.717, 1.165) is 17.2 Å². The van der Waals surface area contributed by atoms with E-state index < -0.39 is 11.6 Å². The Bertz CT molecular complexity index is 795. The van der Waals surface area contributed by atoms with E-state index in [1.54, 1.807) is 17.0 Å². The van der Waals surface area contributed by atoms with Crippen LogP contribution in [0.5, 0.6) is 0 Å². The van der Waals surface area contributed by atoms with Gasteiger partial charge in [-0.3, -0.25) is 4.98 Å². The Balaban J connectivity index is 2.17. The lowest BCUT2D eigenvalue weighted by molar-refractivity contribution is 0.590. The van der Waals surface area contributed by atoms with Gasteiger partial charge < -0.3 is 10.3 Å². The minimum atomic E-state index is -0.711. The molecule has 0 fully saturated rings. The SMILES string of the molecule is Cc1cnccc1Cn1c(N)nc2c(F)cc(F)cc21. The standard InChI is InChI=1S/C14H12F2N4/c1-8-6-18-3-2-9(8)7-20-12-5-10(15)4-11(16)13(12)19-14(20)17/h2-6H,7H2,1H3,(H2,17,19). The van der Waals surface area contributed by atoms with Gasteiger partial charge >= 0.3 is 0 Å². The first-order valence-corrected chi connectivity index (χ1v) is 6.06. The fraction of sp³-hybridized carbons (Fsp3) is 0.143. The van der Waals surface area contributed by atoms with Crippen molar-refractivity contribution in [1.82, 2.24) is 14.5 Å². The molecule has 0 radical (unpaired) electrons. The number of rotatable bonds is 2. The van der Waals surface area contributed by atoms with Crippen molar-refractivity contribution in [3.63, 3.8) is 0 Å². The molecule has 1 aromatic carbocycles. The number of pyridine rings is 1. The predicted molar refractivity (Wildman–Crippen MR) is 72.1 cm³/mol. The monoisotopic (exact) mass is 274 g/mol. The molecule has 0 amide bonds. The Morgan fingerprint density at radius 2 is 2.10 bits per heavy atom. The molecule has 2 N–H and O–H groups in total. The van der Waals surface area contributed by atoms with Crippen molar-refractivity contribution in [2.75, 3.05) is 5.73 Å². The van der Waals surface area contributed by atoms with E-state index in [-0.39, 0.29) is 11.5 Å². The van der Waals surface area contributed by atoms with Crippen LogP contribution >= 0.6 is 0 Å². The molecule has 0 saturated heterocycles. The van der Waals surface area contributed by atoms with E-state index in [1.165, 1.54) is 6.07 Å². The van der Waals surface area contributed by atoms with Crippen LogP contribution in [0.1, 0.15) is 11.1 Å². The van der Waals surface area contributed by atoms with Gasteiger partial charge in [0.25, 0.3) is 0 Å². The average molecular weight is 274 g/mol. The lowest BCUT2D eigenvalue weighted by Crippen LogP contribution is -2.06. The number of nitrogen functional groups attached to an aromatic ring is 1. The molecule has 0 unspecified atom stereocenters. The van der Waals surface area contributed by atoms with Gasteiger partial charge in [-0.25, -0.2) is 13.8 Å². The number of hydrogen-bond acceptors (Lipinski definition) is 3. The lowest BCUT2D eigenvalue weighted by atomic mass is 10.1. The number of anilines is 1. The van der Waals surface area contributed by atoms with Gasteiger partial charge in [0.15, 0.2) is 5.82 Å². The van der Waals surface area contributed by atoms with Crippen LogP contribution in [0.25, 0.3) is 11.0 Å². The highest BCUT2D eigenvalue weighted by Gasteiger charge is 2.14. The second-order valence-corrected chi connectivity index (χ2v) is 4.61. The van der Waals surface area contributed by atoms with Crippen molar-refractivity contribution in [2.24, 2.45) is 0 Å². The maximum Gasteiger partial charge on any atom is 0.201 e. The van der Waals surface area contributed by atoms with E-state index in [9.17, 15) is 8.78 Å². The number of hydrogen-bond donors (Lipinski definition) is 1. The molecule has 0 aliphatic carbocycles. The van der Waals surface area contributed by atoms with Gasteiger partial charge in [-0.1, -0.05) is 0 Å². The summed E-state index contributed by atoms with van der Waals surface area (Å²) in [7, 11) is 0. The van der Waals surface area contributed by atoms with Crippen LogP contribution < -0.4 is 5.73 Å². The zero-order valence-corrected chi connectivity index (χ0v) is 10.8. The fourth-order valence-electron chi connectivity index (χ4n) is 2.18. The van der Waals surface area contributed by atoms with Crippen molar-refractivity contribution in [3.8, 4) is 0 Å². The molecule has 4 nitrogen and oxygen atoms in total. The Labute approximate surface area is 113 Å². The first-order chi connectivity index (χ1) is 9.56. The van der Waals surface area contributed by atoms with Crippen LogP contribution in [-0.4, -0.2) is 14.5 Å². The van der Waals surface area contributed by atoms with Crippen molar-refractivity contribution < 1.29 is 8.78 Å². The van der Waals surface area contributed by atoms with Gasteiger partial charge in [-0.05, 0) is 24.1 Å². The minimum Gasteiger partial charge on any atom is -0.369 e.